The number of methoxy groups -OCH3 is 1. The van der Waals surface area contributed by atoms with Crippen LogP contribution in [-0.4, -0.2) is 31.3 Å². The number of piperidine rings is 1. The molecule has 2 atom stereocenters. The Balaban J connectivity index is 1.34. The number of benzene rings is 2. The summed E-state index contributed by atoms with van der Waals surface area (Å²) < 4.78 is 24.0. The lowest BCUT2D eigenvalue weighted by Crippen LogP contribution is -2.40. The first kappa shape index (κ1) is 22.0. The molecule has 1 saturated heterocycles. The van der Waals surface area contributed by atoms with Gasteiger partial charge < -0.3 is 19.9 Å². The quantitative estimate of drug-likeness (QED) is 0.558. The van der Waals surface area contributed by atoms with Gasteiger partial charge in [0.05, 0.1) is 12.8 Å². The fraction of sp³-hybridized carbons (Fsp3) is 0.360. The van der Waals surface area contributed by atoms with Crippen molar-refractivity contribution in [2.75, 3.05) is 20.2 Å². The van der Waals surface area contributed by atoms with Crippen LogP contribution in [-0.2, 0) is 17.8 Å². The van der Waals surface area contributed by atoms with Gasteiger partial charge in [0.1, 0.15) is 11.6 Å². The summed E-state index contributed by atoms with van der Waals surface area (Å²) in [6.07, 6.45) is 2.14. The van der Waals surface area contributed by atoms with Crippen molar-refractivity contribution in [3.05, 3.63) is 71.7 Å². The number of aromatic nitrogens is 1. The number of hydrogen-bond donors (Lipinski definition) is 2. The highest BCUT2D eigenvalue weighted by Gasteiger charge is 2.28. The predicted molar refractivity (Wildman–Crippen MR) is 120 cm³/mol. The van der Waals surface area contributed by atoms with Crippen molar-refractivity contribution in [3.63, 3.8) is 0 Å². The van der Waals surface area contributed by atoms with E-state index < -0.39 is 0 Å². The number of nitrogens with zero attached hydrogens (tertiary/aromatic N) is 1. The van der Waals surface area contributed by atoms with E-state index in [9.17, 15) is 9.18 Å². The van der Waals surface area contributed by atoms with Gasteiger partial charge in [-0.3, -0.25) is 4.79 Å². The molecule has 1 aliphatic rings. The lowest BCUT2D eigenvalue weighted by Gasteiger charge is -2.31. The second-order valence-electron chi connectivity index (χ2n) is 8.20. The number of para-hydroxylation sites is 1. The SMILES string of the molecule is COc1ccccc1CNC(=O)C[C@H]1CCNC[C@@H]1Cc1cc(-c2ccc(F)cc2)on1. The minimum atomic E-state index is -0.284. The van der Waals surface area contributed by atoms with Crippen LogP contribution in [0.3, 0.4) is 0 Å². The number of hydrogen-bond acceptors (Lipinski definition) is 5. The minimum absolute atomic E-state index is 0.0416. The van der Waals surface area contributed by atoms with Crippen molar-refractivity contribution in [1.29, 1.82) is 0 Å². The number of nitrogens with one attached hydrogen (secondary N) is 2. The van der Waals surface area contributed by atoms with Crippen LogP contribution in [0.1, 0.15) is 24.1 Å². The van der Waals surface area contributed by atoms with Gasteiger partial charge in [-0.25, -0.2) is 4.39 Å². The standard InChI is InChI=1S/C25H28FN3O3/c1-31-23-5-3-2-4-19(23)16-28-25(30)13-18-10-11-27-15-20(18)12-22-14-24(32-29-22)17-6-8-21(26)9-7-17/h2-9,14,18,20,27H,10-13,15-16H2,1H3,(H,28,30)/t18-,20+/m1/s1. The first-order valence-electron chi connectivity index (χ1n) is 10.9. The molecule has 7 heteroatoms. The number of halogens is 1. The molecule has 0 bridgehead atoms. The Labute approximate surface area is 187 Å². The van der Waals surface area contributed by atoms with E-state index in [1.54, 1.807) is 19.2 Å². The van der Waals surface area contributed by atoms with Gasteiger partial charge in [-0.05, 0) is 68.1 Å². The summed E-state index contributed by atoms with van der Waals surface area (Å²) in [4.78, 5) is 12.7. The fourth-order valence-electron chi connectivity index (χ4n) is 4.26. The molecule has 0 unspecified atom stereocenters. The second-order valence-corrected chi connectivity index (χ2v) is 8.20. The maximum atomic E-state index is 13.2. The van der Waals surface area contributed by atoms with Crippen LogP contribution in [0.15, 0.2) is 59.1 Å². The molecule has 4 rings (SSSR count). The lowest BCUT2D eigenvalue weighted by molar-refractivity contribution is -0.122. The number of carbonyl (C=O) groups excluding carboxylic acids is 1. The van der Waals surface area contributed by atoms with Crippen molar-refractivity contribution in [3.8, 4) is 17.1 Å². The lowest BCUT2D eigenvalue weighted by atomic mass is 9.81. The largest absolute Gasteiger partial charge is 0.496 e. The Morgan fingerprint density at radius 1 is 1.22 bits per heavy atom. The summed E-state index contributed by atoms with van der Waals surface area (Å²) in [6, 6.07) is 15.8. The number of rotatable bonds is 8. The van der Waals surface area contributed by atoms with Crippen molar-refractivity contribution < 1.29 is 18.4 Å². The van der Waals surface area contributed by atoms with Gasteiger partial charge in [0.25, 0.3) is 0 Å². The Bertz CT molecular complexity index is 1030. The molecule has 1 fully saturated rings. The molecular formula is C25H28FN3O3. The molecule has 3 aromatic rings. The monoisotopic (exact) mass is 437 g/mol. The Kier molecular flexibility index (Phi) is 7.17. The minimum Gasteiger partial charge on any atom is -0.496 e. The van der Waals surface area contributed by atoms with Crippen LogP contribution < -0.4 is 15.4 Å². The molecule has 6 nitrogen and oxygen atoms in total. The zero-order chi connectivity index (χ0) is 22.3. The average Bonchev–Trinajstić information content (AvgIpc) is 3.28. The second kappa shape index (κ2) is 10.4. The molecule has 1 amide bonds. The third kappa shape index (κ3) is 5.53. The number of ether oxygens (including phenoxy) is 1. The van der Waals surface area contributed by atoms with Gasteiger partial charge in [0.2, 0.25) is 5.91 Å². The van der Waals surface area contributed by atoms with E-state index in [0.717, 1.165) is 48.5 Å². The number of carbonyl (C=O) groups is 1. The van der Waals surface area contributed by atoms with E-state index >= 15 is 0 Å². The maximum Gasteiger partial charge on any atom is 0.220 e. The summed E-state index contributed by atoms with van der Waals surface area (Å²) in [5.74, 6) is 1.70. The highest BCUT2D eigenvalue weighted by atomic mass is 19.1. The van der Waals surface area contributed by atoms with Crippen LogP contribution in [0.2, 0.25) is 0 Å². The molecular weight excluding hydrogens is 409 g/mol. The predicted octanol–water partition coefficient (Wildman–Crippen LogP) is 3.96. The maximum absolute atomic E-state index is 13.2. The summed E-state index contributed by atoms with van der Waals surface area (Å²) >= 11 is 0. The normalized spacial score (nSPS) is 18.3. The Hall–Kier alpha value is -3.19. The third-order valence-corrected chi connectivity index (χ3v) is 6.04. The fourth-order valence-corrected chi connectivity index (χ4v) is 4.26. The summed E-state index contributed by atoms with van der Waals surface area (Å²) in [7, 11) is 1.63. The van der Waals surface area contributed by atoms with Crippen LogP contribution in [0, 0.1) is 17.7 Å². The molecule has 2 aromatic carbocycles. The van der Waals surface area contributed by atoms with E-state index in [4.69, 9.17) is 9.26 Å². The highest BCUT2D eigenvalue weighted by Crippen LogP contribution is 2.28. The zero-order valence-corrected chi connectivity index (χ0v) is 18.1. The summed E-state index contributed by atoms with van der Waals surface area (Å²) in [6.45, 7) is 2.19. The van der Waals surface area contributed by atoms with E-state index in [2.05, 4.69) is 15.8 Å². The third-order valence-electron chi connectivity index (χ3n) is 6.04. The summed E-state index contributed by atoms with van der Waals surface area (Å²) in [5.41, 5.74) is 2.60. The molecule has 0 radical (unpaired) electrons. The van der Waals surface area contributed by atoms with Crippen LogP contribution in [0.4, 0.5) is 4.39 Å². The van der Waals surface area contributed by atoms with Gasteiger partial charge in [0.15, 0.2) is 5.76 Å². The average molecular weight is 438 g/mol. The highest BCUT2D eigenvalue weighted by molar-refractivity contribution is 5.76. The van der Waals surface area contributed by atoms with Gasteiger partial charge in [-0.1, -0.05) is 23.4 Å². The topological polar surface area (TPSA) is 76.4 Å². The zero-order valence-electron chi connectivity index (χ0n) is 18.1. The first-order valence-corrected chi connectivity index (χ1v) is 10.9. The van der Waals surface area contributed by atoms with Crippen molar-refractivity contribution in [2.24, 2.45) is 11.8 Å². The van der Waals surface area contributed by atoms with Crippen molar-refractivity contribution in [1.82, 2.24) is 15.8 Å². The van der Waals surface area contributed by atoms with E-state index in [1.807, 2.05) is 30.3 Å². The molecule has 2 heterocycles. The van der Waals surface area contributed by atoms with Gasteiger partial charge in [0, 0.05) is 30.2 Å². The first-order chi connectivity index (χ1) is 15.6. The smallest absolute Gasteiger partial charge is 0.220 e. The number of amides is 1. The molecule has 0 spiro atoms. The summed E-state index contributed by atoms with van der Waals surface area (Å²) in [5, 5.41) is 10.7. The van der Waals surface area contributed by atoms with Gasteiger partial charge >= 0.3 is 0 Å². The van der Waals surface area contributed by atoms with Crippen molar-refractivity contribution in [2.45, 2.75) is 25.8 Å². The molecule has 1 aliphatic heterocycles. The molecule has 0 saturated carbocycles. The van der Waals surface area contributed by atoms with Crippen molar-refractivity contribution >= 4 is 5.91 Å². The van der Waals surface area contributed by atoms with E-state index in [-0.39, 0.29) is 23.6 Å². The Morgan fingerprint density at radius 3 is 2.84 bits per heavy atom. The molecule has 32 heavy (non-hydrogen) atoms. The Morgan fingerprint density at radius 2 is 2.03 bits per heavy atom. The van der Waals surface area contributed by atoms with E-state index in [0.29, 0.717) is 18.7 Å². The molecule has 168 valence electrons. The van der Waals surface area contributed by atoms with Crippen LogP contribution >= 0.6 is 0 Å². The molecule has 0 aliphatic carbocycles. The van der Waals surface area contributed by atoms with E-state index in [1.165, 1.54) is 12.1 Å². The van der Waals surface area contributed by atoms with Crippen LogP contribution in [0.5, 0.6) is 5.75 Å². The van der Waals surface area contributed by atoms with Gasteiger partial charge in [-0.15, -0.1) is 0 Å². The van der Waals surface area contributed by atoms with Gasteiger partial charge in [-0.2, -0.15) is 0 Å². The van der Waals surface area contributed by atoms with Crippen LogP contribution in [0.25, 0.3) is 11.3 Å². The molecule has 2 N–H and O–H groups in total. The molecule has 1 aromatic heterocycles.